The average Bonchev–Trinajstić information content (AvgIpc) is 3.86. The second-order valence-corrected chi connectivity index (χ2v) is 11.5. The fourth-order valence-corrected chi connectivity index (χ4v) is 6.89. The molecule has 3 aliphatic carbocycles. The minimum atomic E-state index is -0.499. The Kier molecular flexibility index (Phi) is 5.75. The maximum Gasteiger partial charge on any atom is 0.123 e. The van der Waals surface area contributed by atoms with Gasteiger partial charge in [0.05, 0.1) is 17.3 Å². The summed E-state index contributed by atoms with van der Waals surface area (Å²) >= 11 is 0. The molecule has 0 bridgehead atoms. The molecule has 1 unspecified atom stereocenters. The van der Waals surface area contributed by atoms with Crippen molar-refractivity contribution in [1.29, 1.82) is 0 Å². The van der Waals surface area contributed by atoms with Gasteiger partial charge in [0.25, 0.3) is 0 Å². The molecule has 0 amide bonds. The lowest BCUT2D eigenvalue weighted by Crippen LogP contribution is -2.14. The van der Waals surface area contributed by atoms with Crippen LogP contribution in [0.15, 0.2) is 97.1 Å². The van der Waals surface area contributed by atoms with Crippen LogP contribution in [0.3, 0.4) is 0 Å². The summed E-state index contributed by atoms with van der Waals surface area (Å²) in [7, 11) is 0. The summed E-state index contributed by atoms with van der Waals surface area (Å²) in [5, 5.41) is 12.3. The molecule has 1 fully saturated rings. The minimum Gasteiger partial charge on any atom is -0.388 e. The van der Waals surface area contributed by atoms with Gasteiger partial charge in [0.2, 0.25) is 0 Å². The number of nitrogens with zero attached hydrogens (tertiary/aromatic N) is 1. The highest BCUT2D eigenvalue weighted by atomic mass is 19.1. The number of para-hydroxylation sites is 1. The molecule has 200 valence electrons. The monoisotopic (exact) mass is 535 g/mol. The Morgan fingerprint density at radius 2 is 1.56 bits per heavy atom. The van der Waals surface area contributed by atoms with Crippen molar-refractivity contribution in [2.75, 3.05) is 0 Å². The number of aliphatic hydroxyl groups excluding tert-OH is 1. The first-order chi connectivity index (χ1) is 20.2. The number of hydrogen-bond donors (Lipinski definition) is 1. The van der Waals surface area contributed by atoms with Gasteiger partial charge in [-0.25, -0.2) is 4.39 Å². The molecule has 3 aliphatic rings. The van der Waals surface area contributed by atoms with Crippen LogP contribution in [0.4, 0.5) is 4.39 Å². The predicted octanol–water partition coefficient (Wildman–Crippen LogP) is 9.22. The van der Waals surface area contributed by atoms with Gasteiger partial charge < -0.3 is 5.11 Å². The molecule has 41 heavy (non-hydrogen) atoms. The van der Waals surface area contributed by atoms with Crippen molar-refractivity contribution in [3.8, 4) is 22.3 Å². The number of benzene rings is 4. The number of aryl methyl sites for hydroxylation is 1. The van der Waals surface area contributed by atoms with Crippen LogP contribution in [0.25, 0.3) is 44.8 Å². The normalized spacial score (nSPS) is 17.7. The molecular formula is C38H30FNO. The van der Waals surface area contributed by atoms with Crippen LogP contribution < -0.4 is 0 Å². The summed E-state index contributed by atoms with van der Waals surface area (Å²) in [6.07, 6.45) is 10.9. The van der Waals surface area contributed by atoms with Crippen molar-refractivity contribution in [1.82, 2.24) is 4.98 Å². The molecular weight excluding hydrogens is 505 g/mol. The molecule has 0 spiro atoms. The van der Waals surface area contributed by atoms with E-state index >= 15 is 0 Å². The van der Waals surface area contributed by atoms with Gasteiger partial charge in [-0.2, -0.15) is 0 Å². The number of aliphatic hydroxyl groups is 1. The number of allylic oxidation sites excluding steroid dienone is 2. The van der Waals surface area contributed by atoms with Gasteiger partial charge in [0, 0.05) is 22.4 Å². The van der Waals surface area contributed by atoms with Gasteiger partial charge in [0.1, 0.15) is 5.82 Å². The second-order valence-electron chi connectivity index (χ2n) is 11.5. The number of halogens is 1. The average molecular weight is 536 g/mol. The molecule has 8 rings (SSSR count). The first kappa shape index (κ1) is 24.5. The van der Waals surface area contributed by atoms with Crippen LogP contribution >= 0.6 is 0 Å². The van der Waals surface area contributed by atoms with E-state index in [4.69, 9.17) is 4.98 Å². The first-order valence-electron chi connectivity index (χ1n) is 14.6. The lowest BCUT2D eigenvalue weighted by molar-refractivity contribution is 0.179. The number of rotatable bonds is 4. The Morgan fingerprint density at radius 1 is 0.780 bits per heavy atom. The lowest BCUT2D eigenvalue weighted by Gasteiger charge is -2.29. The topological polar surface area (TPSA) is 33.1 Å². The van der Waals surface area contributed by atoms with Crippen molar-refractivity contribution in [3.05, 3.63) is 136 Å². The van der Waals surface area contributed by atoms with Crippen LogP contribution in [-0.4, -0.2) is 10.1 Å². The fourth-order valence-electron chi connectivity index (χ4n) is 6.89. The Hall–Kier alpha value is -4.34. The third-order valence-electron chi connectivity index (χ3n) is 9.00. The quantitative estimate of drug-likeness (QED) is 0.249. The zero-order valence-electron chi connectivity index (χ0n) is 22.8. The number of hydrogen-bond acceptors (Lipinski definition) is 2. The van der Waals surface area contributed by atoms with E-state index in [-0.39, 0.29) is 5.82 Å². The van der Waals surface area contributed by atoms with E-state index < -0.39 is 6.10 Å². The molecule has 1 heterocycles. The first-order valence-corrected chi connectivity index (χ1v) is 14.6. The van der Waals surface area contributed by atoms with Gasteiger partial charge in [-0.3, -0.25) is 4.98 Å². The maximum atomic E-state index is 13.9. The largest absolute Gasteiger partial charge is 0.388 e. The molecule has 1 atom stereocenters. The molecule has 1 N–H and O–H groups in total. The van der Waals surface area contributed by atoms with Crippen LogP contribution in [0, 0.1) is 5.82 Å². The lowest BCUT2D eigenvalue weighted by atomic mass is 9.77. The van der Waals surface area contributed by atoms with E-state index in [0.717, 1.165) is 75.7 Å². The SMILES string of the molecule is OC1CC=C(C=Cc2c(C3CC3)nc3ccccc3c2-c2ccc(F)cc2)c2ccc3c(c21)CCc1ccccc1-3. The fraction of sp³-hybridized carbons (Fsp3) is 0.184. The molecule has 0 saturated heterocycles. The summed E-state index contributed by atoms with van der Waals surface area (Å²) in [5.74, 6) is 0.208. The minimum absolute atomic E-state index is 0.236. The number of fused-ring (bicyclic) bond motifs is 6. The zero-order valence-corrected chi connectivity index (χ0v) is 22.8. The van der Waals surface area contributed by atoms with Crippen LogP contribution in [-0.2, 0) is 12.8 Å². The molecule has 2 nitrogen and oxygen atoms in total. The van der Waals surface area contributed by atoms with Gasteiger partial charge in [-0.15, -0.1) is 0 Å². The molecule has 0 radical (unpaired) electrons. The maximum absolute atomic E-state index is 13.9. The van der Waals surface area contributed by atoms with E-state index in [0.29, 0.717) is 12.3 Å². The predicted molar refractivity (Wildman–Crippen MR) is 165 cm³/mol. The van der Waals surface area contributed by atoms with Crippen LogP contribution in [0.5, 0.6) is 0 Å². The molecule has 1 saturated carbocycles. The molecule has 1 aromatic heterocycles. The van der Waals surface area contributed by atoms with E-state index in [1.165, 1.54) is 34.4 Å². The summed E-state index contributed by atoms with van der Waals surface area (Å²) in [6.45, 7) is 0. The summed E-state index contributed by atoms with van der Waals surface area (Å²) in [5.41, 5.74) is 13.8. The summed E-state index contributed by atoms with van der Waals surface area (Å²) in [4.78, 5) is 5.16. The Balaban J connectivity index is 1.28. The van der Waals surface area contributed by atoms with Gasteiger partial charge in [-0.1, -0.05) is 85.0 Å². The third kappa shape index (κ3) is 4.15. The molecule has 0 aliphatic heterocycles. The highest BCUT2D eigenvalue weighted by molar-refractivity contribution is 6.00. The second kappa shape index (κ2) is 9.64. The van der Waals surface area contributed by atoms with E-state index in [9.17, 15) is 9.50 Å². The van der Waals surface area contributed by atoms with Gasteiger partial charge in [0.15, 0.2) is 0 Å². The Morgan fingerprint density at radius 3 is 2.41 bits per heavy atom. The van der Waals surface area contributed by atoms with Gasteiger partial charge in [-0.05, 0) is 94.8 Å². The molecule has 5 aromatic rings. The summed E-state index contributed by atoms with van der Waals surface area (Å²) in [6, 6.07) is 28.2. The van der Waals surface area contributed by atoms with Crippen molar-refractivity contribution >= 4 is 22.6 Å². The van der Waals surface area contributed by atoms with Crippen molar-refractivity contribution in [2.45, 2.75) is 44.1 Å². The van der Waals surface area contributed by atoms with E-state index in [1.54, 1.807) is 0 Å². The van der Waals surface area contributed by atoms with Crippen molar-refractivity contribution in [2.24, 2.45) is 0 Å². The van der Waals surface area contributed by atoms with E-state index in [2.05, 4.69) is 66.8 Å². The van der Waals surface area contributed by atoms with Crippen LogP contribution in [0.1, 0.15) is 64.8 Å². The number of aromatic nitrogens is 1. The van der Waals surface area contributed by atoms with Crippen LogP contribution in [0.2, 0.25) is 0 Å². The summed E-state index contributed by atoms with van der Waals surface area (Å²) < 4.78 is 13.9. The Bertz CT molecular complexity index is 1890. The number of pyridine rings is 1. The zero-order chi connectivity index (χ0) is 27.5. The third-order valence-corrected chi connectivity index (χ3v) is 9.00. The molecule has 4 aromatic carbocycles. The Labute approximate surface area is 239 Å². The van der Waals surface area contributed by atoms with Crippen molar-refractivity contribution < 1.29 is 9.50 Å². The highest BCUT2D eigenvalue weighted by Crippen LogP contribution is 2.47. The van der Waals surface area contributed by atoms with E-state index in [1.807, 2.05) is 24.3 Å². The highest BCUT2D eigenvalue weighted by Gasteiger charge is 2.30. The standard InChI is InChI=1S/C38H30FNO/c39-27-16-11-25(12-17-27)36-32-7-3-4-8-34(32)40-38(26-9-10-26)33(36)19-14-24-15-22-35(41)37-29(24)20-21-30-28-6-2-1-5-23(28)13-18-31(30)37/h1-8,11-12,14-17,19-21,26,35,41H,9-10,13,18,22H2. The molecule has 3 heteroatoms. The smallest absolute Gasteiger partial charge is 0.123 e. The van der Waals surface area contributed by atoms with Gasteiger partial charge >= 0.3 is 0 Å². The van der Waals surface area contributed by atoms with Crippen molar-refractivity contribution in [3.63, 3.8) is 0 Å².